The minimum absolute atomic E-state index is 0.0925. The van der Waals surface area contributed by atoms with Crippen LogP contribution >= 0.6 is 46.3 Å². The zero-order chi connectivity index (χ0) is 19.1. The number of aromatic nitrogens is 1. The number of hydrogen-bond donors (Lipinski definition) is 1. The zero-order valence-corrected chi connectivity index (χ0v) is 16.6. The van der Waals surface area contributed by atoms with Crippen LogP contribution in [0.3, 0.4) is 0 Å². The van der Waals surface area contributed by atoms with E-state index in [0.717, 1.165) is 4.34 Å². The minimum atomic E-state index is -0.203. The van der Waals surface area contributed by atoms with Crippen LogP contribution in [-0.4, -0.2) is 11.1 Å². The second-order valence-corrected chi connectivity index (χ2v) is 8.62. The SMILES string of the molecule is O=C1/C(=C/c2ccc(Cl)cc2Cl)Sc2scc(-c3cccc(N([O-])O)c3)[n+]21. The van der Waals surface area contributed by atoms with Crippen molar-refractivity contribution in [3.8, 4) is 11.3 Å². The highest BCUT2D eigenvalue weighted by molar-refractivity contribution is 8.05. The molecule has 2 aromatic carbocycles. The number of rotatable bonds is 3. The van der Waals surface area contributed by atoms with Crippen molar-refractivity contribution in [2.75, 3.05) is 5.23 Å². The van der Waals surface area contributed by atoms with Gasteiger partial charge in [-0.1, -0.05) is 46.7 Å². The van der Waals surface area contributed by atoms with Crippen molar-refractivity contribution < 1.29 is 14.6 Å². The Morgan fingerprint density at radius 3 is 2.74 bits per heavy atom. The molecule has 1 N–H and O–H groups in total. The fraction of sp³-hybridized carbons (Fsp3) is 0. The van der Waals surface area contributed by atoms with Crippen molar-refractivity contribution in [1.82, 2.24) is 0 Å². The van der Waals surface area contributed by atoms with E-state index in [4.69, 9.17) is 28.4 Å². The summed E-state index contributed by atoms with van der Waals surface area (Å²) < 4.78 is 2.40. The van der Waals surface area contributed by atoms with Crippen LogP contribution in [0, 0.1) is 5.21 Å². The van der Waals surface area contributed by atoms with Gasteiger partial charge in [0, 0.05) is 27.4 Å². The summed E-state index contributed by atoms with van der Waals surface area (Å²) >= 11 is 14.9. The highest BCUT2D eigenvalue weighted by Crippen LogP contribution is 2.39. The van der Waals surface area contributed by atoms with Crippen molar-refractivity contribution >= 4 is 64.0 Å². The first-order chi connectivity index (χ1) is 12.9. The van der Waals surface area contributed by atoms with Crippen molar-refractivity contribution in [1.29, 1.82) is 0 Å². The second-order valence-electron chi connectivity index (χ2n) is 5.63. The second kappa shape index (κ2) is 7.27. The van der Waals surface area contributed by atoms with E-state index in [1.165, 1.54) is 35.2 Å². The van der Waals surface area contributed by atoms with Crippen LogP contribution in [0.2, 0.25) is 10.0 Å². The largest absolute Gasteiger partial charge is 0.733 e. The summed E-state index contributed by atoms with van der Waals surface area (Å²) in [6.07, 6.45) is 1.73. The van der Waals surface area contributed by atoms with Crippen molar-refractivity contribution in [2.45, 2.75) is 4.34 Å². The fourth-order valence-corrected chi connectivity index (χ4v) is 5.29. The number of hydrogen-bond acceptors (Lipinski definition) is 6. The predicted molar refractivity (Wildman–Crippen MR) is 109 cm³/mol. The summed E-state index contributed by atoms with van der Waals surface area (Å²) in [7, 11) is 0. The molecule has 0 atom stereocenters. The zero-order valence-electron chi connectivity index (χ0n) is 13.4. The lowest BCUT2D eigenvalue weighted by atomic mass is 10.1. The van der Waals surface area contributed by atoms with Gasteiger partial charge in [0.05, 0.1) is 11.1 Å². The normalized spacial score (nSPS) is 14.7. The third-order valence-corrected chi connectivity index (χ3v) is 6.61. The van der Waals surface area contributed by atoms with E-state index < -0.39 is 0 Å². The van der Waals surface area contributed by atoms with Gasteiger partial charge in [-0.25, -0.2) is 4.79 Å². The average Bonchev–Trinajstić information content (AvgIpc) is 3.18. The first-order valence-electron chi connectivity index (χ1n) is 7.63. The quantitative estimate of drug-likeness (QED) is 0.334. The molecule has 5 nitrogen and oxygen atoms in total. The smallest absolute Gasteiger partial charge is 0.433 e. The summed E-state index contributed by atoms with van der Waals surface area (Å²) in [6.45, 7) is 0. The Balaban J connectivity index is 1.72. The molecule has 9 heteroatoms. The van der Waals surface area contributed by atoms with Gasteiger partial charge in [-0.2, -0.15) is 0 Å². The molecular formula is C18H10Cl2N2O3S2. The van der Waals surface area contributed by atoms with Crippen molar-refractivity contribution in [2.24, 2.45) is 0 Å². The number of fused-ring (bicyclic) bond motifs is 1. The van der Waals surface area contributed by atoms with Gasteiger partial charge in [0.25, 0.3) is 0 Å². The van der Waals surface area contributed by atoms with Gasteiger partial charge < -0.3 is 10.4 Å². The number of thioether (sulfide) groups is 1. The molecule has 0 spiro atoms. The van der Waals surface area contributed by atoms with Crippen LogP contribution < -0.4 is 9.79 Å². The minimum Gasteiger partial charge on any atom is -0.733 e. The molecular weight excluding hydrogens is 427 g/mol. The number of anilines is 1. The average molecular weight is 437 g/mol. The Bertz CT molecular complexity index is 1100. The first-order valence-corrected chi connectivity index (χ1v) is 10.1. The third-order valence-electron chi connectivity index (χ3n) is 3.92. The lowest BCUT2D eigenvalue weighted by Gasteiger charge is -2.21. The van der Waals surface area contributed by atoms with Crippen LogP contribution in [0.5, 0.6) is 0 Å². The molecule has 3 aromatic rings. The third kappa shape index (κ3) is 3.50. The first kappa shape index (κ1) is 18.5. The number of carbonyl (C=O) groups excluding carboxylic acids is 1. The van der Waals surface area contributed by atoms with Crippen LogP contribution in [0.25, 0.3) is 17.3 Å². The lowest BCUT2D eigenvalue weighted by Crippen LogP contribution is -2.40. The van der Waals surface area contributed by atoms with E-state index in [2.05, 4.69) is 0 Å². The van der Waals surface area contributed by atoms with Crippen LogP contribution in [0.4, 0.5) is 5.69 Å². The lowest BCUT2D eigenvalue weighted by molar-refractivity contribution is -0.588. The molecule has 1 aromatic heterocycles. The van der Waals surface area contributed by atoms with Gasteiger partial charge in [0.15, 0.2) is 0 Å². The van der Waals surface area contributed by atoms with E-state index in [0.29, 0.717) is 31.8 Å². The summed E-state index contributed by atoms with van der Waals surface area (Å²) in [6, 6.07) is 11.5. The van der Waals surface area contributed by atoms with Gasteiger partial charge in [-0.05, 0) is 42.0 Å². The molecule has 0 fully saturated rings. The summed E-state index contributed by atoms with van der Waals surface area (Å²) in [4.78, 5) is 13.5. The molecule has 0 bridgehead atoms. The molecule has 2 heterocycles. The van der Waals surface area contributed by atoms with Crippen LogP contribution in [0.15, 0.2) is 57.1 Å². The maximum absolute atomic E-state index is 12.9. The highest BCUT2D eigenvalue weighted by atomic mass is 35.5. The van der Waals surface area contributed by atoms with Gasteiger partial charge in [-0.15, -0.1) is 4.57 Å². The van der Waals surface area contributed by atoms with Crippen LogP contribution in [-0.2, 0) is 0 Å². The fourth-order valence-electron chi connectivity index (χ4n) is 2.65. The number of benzene rings is 2. The van der Waals surface area contributed by atoms with Gasteiger partial charge in [-0.3, -0.25) is 5.21 Å². The molecule has 0 saturated carbocycles. The van der Waals surface area contributed by atoms with Gasteiger partial charge >= 0.3 is 10.2 Å². The standard InChI is InChI=1S/C18H10Cl2N2O3S2/c19-12-5-4-10(14(20)8-12)7-16-17(23)21-15(9-26-18(21)27-16)11-2-1-3-13(6-11)22(24)25/h1-9,24H/b16-7-. The molecule has 0 aliphatic carbocycles. The molecule has 0 unspecified atom stereocenters. The Morgan fingerprint density at radius 1 is 1.19 bits per heavy atom. The van der Waals surface area contributed by atoms with Crippen molar-refractivity contribution in [3.05, 3.63) is 73.6 Å². The molecule has 27 heavy (non-hydrogen) atoms. The maximum atomic E-state index is 12.9. The predicted octanol–water partition coefficient (Wildman–Crippen LogP) is 5.49. The van der Waals surface area contributed by atoms with E-state index in [9.17, 15) is 10.0 Å². The Kier molecular flexibility index (Phi) is 4.98. The van der Waals surface area contributed by atoms with Crippen molar-refractivity contribution in [3.63, 3.8) is 0 Å². The van der Waals surface area contributed by atoms with E-state index in [1.807, 2.05) is 5.38 Å². The molecule has 1 aliphatic heterocycles. The highest BCUT2D eigenvalue weighted by Gasteiger charge is 2.40. The van der Waals surface area contributed by atoms with Gasteiger partial charge in [0.1, 0.15) is 4.91 Å². The molecule has 136 valence electrons. The summed E-state index contributed by atoms with van der Waals surface area (Å²) in [5, 5.41) is 22.9. The monoisotopic (exact) mass is 436 g/mol. The Morgan fingerprint density at radius 2 is 2.00 bits per heavy atom. The molecule has 4 rings (SSSR count). The molecule has 0 radical (unpaired) electrons. The number of halogens is 2. The molecule has 0 amide bonds. The molecule has 0 saturated heterocycles. The van der Waals surface area contributed by atoms with E-state index in [-0.39, 0.29) is 16.8 Å². The van der Waals surface area contributed by atoms with Crippen LogP contribution in [0.1, 0.15) is 10.4 Å². The van der Waals surface area contributed by atoms with E-state index >= 15 is 0 Å². The van der Waals surface area contributed by atoms with Gasteiger partial charge in [0.2, 0.25) is 5.69 Å². The number of allylic oxidation sites excluding steroid dienone is 1. The Labute approximate surface area is 172 Å². The molecule has 1 aliphatic rings. The van der Waals surface area contributed by atoms with E-state index in [1.54, 1.807) is 41.0 Å². The number of nitrogens with zero attached hydrogens (tertiary/aromatic N) is 2. The Hall–Kier alpha value is -1.87. The topological polar surface area (TPSA) is 67.5 Å². The number of carbonyl (C=O) groups is 1. The summed E-state index contributed by atoms with van der Waals surface area (Å²) in [5.41, 5.74) is 2.11. The summed E-state index contributed by atoms with van der Waals surface area (Å²) in [5.74, 6) is -0.175. The maximum Gasteiger partial charge on any atom is 0.433 e. The number of thiazole rings is 1.